The maximum atomic E-state index is 4.16. The number of rotatable bonds is 5. The Labute approximate surface area is 121 Å². The van der Waals surface area contributed by atoms with Gasteiger partial charge in [0.05, 0.1) is 16.8 Å². The van der Waals surface area contributed by atoms with Gasteiger partial charge < -0.3 is 5.32 Å². The quantitative estimate of drug-likeness (QED) is 0.755. The Morgan fingerprint density at radius 3 is 3.00 bits per heavy atom. The maximum Gasteiger partial charge on any atom is 0.0794 e. The molecule has 0 amide bonds. The summed E-state index contributed by atoms with van der Waals surface area (Å²) in [5, 5.41) is 12.8. The van der Waals surface area contributed by atoms with Gasteiger partial charge in [-0.05, 0) is 30.0 Å². The second kappa shape index (κ2) is 5.98. The van der Waals surface area contributed by atoms with E-state index in [0.717, 1.165) is 12.2 Å². The predicted molar refractivity (Wildman–Crippen MR) is 81.4 cm³/mol. The van der Waals surface area contributed by atoms with Crippen LogP contribution in [0.3, 0.4) is 0 Å². The van der Waals surface area contributed by atoms with E-state index in [1.54, 1.807) is 17.5 Å². The lowest BCUT2D eigenvalue weighted by Gasteiger charge is -2.13. The van der Waals surface area contributed by atoms with Crippen LogP contribution in [-0.4, -0.2) is 15.2 Å². The minimum atomic E-state index is 0.259. The number of pyridine rings is 1. The maximum absolute atomic E-state index is 4.16. The monoisotopic (exact) mass is 284 g/mol. The molecule has 0 spiro atoms. The van der Waals surface area contributed by atoms with E-state index in [1.807, 2.05) is 18.5 Å². The molecule has 0 fully saturated rings. The normalized spacial score (nSPS) is 12.4. The number of thiophene rings is 1. The van der Waals surface area contributed by atoms with Crippen molar-refractivity contribution in [3.63, 3.8) is 0 Å². The van der Waals surface area contributed by atoms with E-state index >= 15 is 0 Å². The molecule has 0 radical (unpaired) electrons. The Hall–Kier alpha value is -1.98. The summed E-state index contributed by atoms with van der Waals surface area (Å²) in [5.41, 5.74) is 3.47. The van der Waals surface area contributed by atoms with Gasteiger partial charge in [0.1, 0.15) is 0 Å². The third-order valence-electron chi connectivity index (χ3n) is 3.27. The van der Waals surface area contributed by atoms with Gasteiger partial charge in [-0.25, -0.2) is 0 Å². The standard InChI is InChI=1S/C15H16N4S/c1-11(12-4-2-6-16-8-12)17-9-13-10-18-19-15(13)14-5-3-7-20-14/h2-8,10-11,17H,9H2,1H3,(H,18,19)/t11-/m1/s1. The van der Waals surface area contributed by atoms with E-state index in [9.17, 15) is 0 Å². The summed E-state index contributed by atoms with van der Waals surface area (Å²) in [7, 11) is 0. The van der Waals surface area contributed by atoms with E-state index in [-0.39, 0.29) is 6.04 Å². The van der Waals surface area contributed by atoms with Crippen LogP contribution in [0.15, 0.2) is 48.2 Å². The van der Waals surface area contributed by atoms with Crippen molar-refractivity contribution < 1.29 is 0 Å². The molecule has 3 aromatic rings. The predicted octanol–water partition coefficient (Wildman–Crippen LogP) is 3.38. The molecule has 2 N–H and O–H groups in total. The van der Waals surface area contributed by atoms with Crippen LogP contribution in [0.25, 0.3) is 10.6 Å². The zero-order valence-electron chi connectivity index (χ0n) is 11.2. The fraction of sp³-hybridized carbons (Fsp3) is 0.200. The highest BCUT2D eigenvalue weighted by Gasteiger charge is 2.10. The number of nitrogens with one attached hydrogen (secondary N) is 2. The Bertz CT molecular complexity index is 646. The van der Waals surface area contributed by atoms with Gasteiger partial charge in [0, 0.05) is 30.5 Å². The summed E-state index contributed by atoms with van der Waals surface area (Å²) < 4.78 is 0. The van der Waals surface area contributed by atoms with E-state index in [1.165, 1.54) is 16.0 Å². The molecule has 0 aliphatic rings. The van der Waals surface area contributed by atoms with E-state index in [4.69, 9.17) is 0 Å². The first kappa shape index (κ1) is 13.0. The van der Waals surface area contributed by atoms with E-state index in [2.05, 4.69) is 51.0 Å². The molecule has 3 aromatic heterocycles. The van der Waals surface area contributed by atoms with Crippen molar-refractivity contribution in [3.05, 3.63) is 59.4 Å². The average Bonchev–Trinajstić information content (AvgIpc) is 3.16. The van der Waals surface area contributed by atoms with Crippen LogP contribution in [0, 0.1) is 0 Å². The Kier molecular flexibility index (Phi) is 3.90. The highest BCUT2D eigenvalue weighted by molar-refractivity contribution is 7.13. The van der Waals surface area contributed by atoms with Crippen molar-refractivity contribution >= 4 is 11.3 Å². The highest BCUT2D eigenvalue weighted by atomic mass is 32.1. The molecule has 0 unspecified atom stereocenters. The zero-order chi connectivity index (χ0) is 13.8. The molecule has 3 heterocycles. The van der Waals surface area contributed by atoms with E-state index in [0.29, 0.717) is 0 Å². The third kappa shape index (κ3) is 2.79. The molecule has 1 atom stereocenters. The number of H-pyrrole nitrogens is 1. The number of hydrogen-bond donors (Lipinski definition) is 2. The molecule has 102 valence electrons. The SMILES string of the molecule is C[C@@H](NCc1cn[nH]c1-c1cccs1)c1cccnc1. The van der Waals surface area contributed by atoms with Crippen LogP contribution in [0.1, 0.15) is 24.1 Å². The summed E-state index contributed by atoms with van der Waals surface area (Å²) in [6, 6.07) is 8.46. The van der Waals surface area contributed by atoms with Gasteiger partial charge in [-0.1, -0.05) is 12.1 Å². The van der Waals surface area contributed by atoms with Crippen LogP contribution in [0.2, 0.25) is 0 Å². The van der Waals surface area contributed by atoms with Crippen LogP contribution in [0.4, 0.5) is 0 Å². The Morgan fingerprint density at radius 1 is 1.30 bits per heavy atom. The molecule has 0 saturated heterocycles. The molecular weight excluding hydrogens is 268 g/mol. The second-order valence-corrected chi connectivity index (χ2v) is 5.58. The number of aromatic amines is 1. The van der Waals surface area contributed by atoms with Crippen LogP contribution in [-0.2, 0) is 6.54 Å². The fourth-order valence-electron chi connectivity index (χ4n) is 2.09. The van der Waals surface area contributed by atoms with Crippen molar-refractivity contribution in [2.24, 2.45) is 0 Å². The lowest BCUT2D eigenvalue weighted by Crippen LogP contribution is -2.18. The summed E-state index contributed by atoms with van der Waals surface area (Å²) >= 11 is 1.72. The minimum Gasteiger partial charge on any atom is -0.306 e. The molecular formula is C15H16N4S. The van der Waals surface area contributed by atoms with Gasteiger partial charge >= 0.3 is 0 Å². The van der Waals surface area contributed by atoms with Gasteiger partial charge in [0.25, 0.3) is 0 Å². The van der Waals surface area contributed by atoms with Crippen LogP contribution in [0.5, 0.6) is 0 Å². The van der Waals surface area contributed by atoms with Crippen molar-refractivity contribution in [2.45, 2.75) is 19.5 Å². The first-order valence-corrected chi connectivity index (χ1v) is 7.42. The third-order valence-corrected chi connectivity index (χ3v) is 4.16. The van der Waals surface area contributed by atoms with Gasteiger partial charge in [-0.2, -0.15) is 5.10 Å². The summed E-state index contributed by atoms with van der Waals surface area (Å²) in [6.07, 6.45) is 5.58. The summed E-state index contributed by atoms with van der Waals surface area (Å²) in [5.74, 6) is 0. The van der Waals surface area contributed by atoms with Gasteiger partial charge in [0.15, 0.2) is 0 Å². The van der Waals surface area contributed by atoms with Gasteiger partial charge in [-0.3, -0.25) is 10.1 Å². The summed E-state index contributed by atoms with van der Waals surface area (Å²) in [6.45, 7) is 2.92. The topological polar surface area (TPSA) is 53.6 Å². The smallest absolute Gasteiger partial charge is 0.0794 e. The first-order chi connectivity index (χ1) is 9.84. The van der Waals surface area contributed by atoms with Crippen LogP contribution < -0.4 is 5.32 Å². The van der Waals surface area contributed by atoms with Gasteiger partial charge in [-0.15, -0.1) is 11.3 Å². The Balaban J connectivity index is 1.69. The van der Waals surface area contributed by atoms with Crippen molar-refractivity contribution in [3.8, 4) is 10.6 Å². The fourth-order valence-corrected chi connectivity index (χ4v) is 2.85. The summed E-state index contributed by atoms with van der Waals surface area (Å²) in [4.78, 5) is 5.37. The lowest BCUT2D eigenvalue weighted by atomic mass is 10.1. The van der Waals surface area contributed by atoms with Gasteiger partial charge in [0.2, 0.25) is 0 Å². The first-order valence-electron chi connectivity index (χ1n) is 6.54. The van der Waals surface area contributed by atoms with Crippen LogP contribution >= 0.6 is 11.3 Å². The lowest BCUT2D eigenvalue weighted by molar-refractivity contribution is 0.574. The molecule has 3 rings (SSSR count). The highest BCUT2D eigenvalue weighted by Crippen LogP contribution is 2.26. The molecule has 0 saturated carbocycles. The number of aromatic nitrogens is 3. The zero-order valence-corrected chi connectivity index (χ0v) is 12.0. The van der Waals surface area contributed by atoms with E-state index < -0.39 is 0 Å². The Morgan fingerprint density at radius 2 is 2.25 bits per heavy atom. The average molecular weight is 284 g/mol. The number of nitrogens with zero attached hydrogens (tertiary/aromatic N) is 2. The molecule has 0 bridgehead atoms. The van der Waals surface area contributed by atoms with Crippen molar-refractivity contribution in [1.82, 2.24) is 20.5 Å². The largest absolute Gasteiger partial charge is 0.306 e. The number of hydrogen-bond acceptors (Lipinski definition) is 4. The van der Waals surface area contributed by atoms with Crippen molar-refractivity contribution in [1.29, 1.82) is 0 Å². The second-order valence-electron chi connectivity index (χ2n) is 4.64. The molecule has 20 heavy (non-hydrogen) atoms. The minimum absolute atomic E-state index is 0.259. The molecule has 0 aliphatic carbocycles. The molecule has 5 heteroatoms. The molecule has 4 nitrogen and oxygen atoms in total. The molecule has 0 aliphatic heterocycles. The molecule has 0 aromatic carbocycles. The van der Waals surface area contributed by atoms with Crippen molar-refractivity contribution in [2.75, 3.05) is 0 Å².